The average Bonchev–Trinajstić information content (AvgIpc) is 1.59. The average molecular weight is 1550 g/mol. The summed E-state index contributed by atoms with van der Waals surface area (Å²) < 4.78 is 40.6. The van der Waals surface area contributed by atoms with Gasteiger partial charge in [-0.15, -0.1) is 43.1 Å². The first-order chi connectivity index (χ1) is 51.9. The number of aromatic nitrogens is 6. The molecule has 0 aliphatic carbocycles. The van der Waals surface area contributed by atoms with Crippen LogP contribution in [0.4, 0.5) is 11.4 Å². The van der Waals surface area contributed by atoms with E-state index >= 15 is 0 Å². The summed E-state index contributed by atoms with van der Waals surface area (Å²) in [6.07, 6.45) is 0.166. The number of halogens is 2. The van der Waals surface area contributed by atoms with E-state index in [4.69, 9.17) is 86.6 Å². The number of carbonyl (C=O) groups is 3. The Morgan fingerprint density at radius 1 is 0.574 bits per heavy atom. The van der Waals surface area contributed by atoms with Gasteiger partial charge in [0.25, 0.3) is 17.7 Å². The number of esters is 1. The Morgan fingerprint density at radius 2 is 1.00 bits per heavy atom. The molecule has 0 fully saturated rings. The lowest BCUT2D eigenvalue weighted by atomic mass is 9.99. The second kappa shape index (κ2) is 35.5. The zero-order valence-electron chi connectivity index (χ0n) is 61.8. The monoisotopic (exact) mass is 1550 g/mol. The van der Waals surface area contributed by atoms with Crippen molar-refractivity contribution >= 4 is 104 Å². The number of aryl methyl sites for hydroxylation is 4. The fourth-order valence-corrected chi connectivity index (χ4v) is 14.6. The molecule has 5 aliphatic heterocycles. The van der Waals surface area contributed by atoms with E-state index in [-0.39, 0.29) is 31.1 Å². The summed E-state index contributed by atoms with van der Waals surface area (Å²) in [5.41, 5.74) is 20.7. The van der Waals surface area contributed by atoms with Crippen molar-refractivity contribution in [2.75, 3.05) is 72.0 Å². The number of aliphatic carboxylic acids is 1. The van der Waals surface area contributed by atoms with Gasteiger partial charge in [0.05, 0.1) is 50.5 Å². The number of ether oxygens (including phenoxy) is 7. The normalized spacial score (nSPS) is 15.9. The van der Waals surface area contributed by atoms with E-state index in [1.165, 1.54) is 9.75 Å². The molecule has 566 valence electrons. The molecule has 0 saturated heterocycles. The van der Waals surface area contributed by atoms with Crippen molar-refractivity contribution in [3.63, 3.8) is 0 Å². The van der Waals surface area contributed by atoms with Gasteiger partial charge >= 0.3 is 11.9 Å². The predicted octanol–water partition coefficient (Wildman–Crippen LogP) is 13.5. The zero-order chi connectivity index (χ0) is 76.9. The number of nitrogens with zero attached hydrogens (tertiary/aromatic N) is 11. The number of rotatable bonds is 21. The lowest BCUT2D eigenvalue weighted by Crippen LogP contribution is -2.24. The Hall–Kier alpha value is -10.4. The van der Waals surface area contributed by atoms with Gasteiger partial charge in [-0.05, 0) is 161 Å². The maximum Gasteiger partial charge on any atom is 0.310 e. The highest BCUT2D eigenvalue weighted by Gasteiger charge is 2.35. The van der Waals surface area contributed by atoms with Crippen LogP contribution in [0.5, 0.6) is 0 Å². The van der Waals surface area contributed by atoms with E-state index < -0.39 is 23.7 Å². The number of hydrogen-bond donors (Lipinski definition) is 3. The third-order valence-corrected chi connectivity index (χ3v) is 20.2. The van der Waals surface area contributed by atoms with Crippen molar-refractivity contribution in [1.29, 1.82) is 0 Å². The Balaban J connectivity index is 0.000000152. The van der Waals surface area contributed by atoms with Crippen LogP contribution in [0.3, 0.4) is 0 Å². The van der Waals surface area contributed by atoms with Crippen molar-refractivity contribution in [2.24, 2.45) is 25.5 Å². The summed E-state index contributed by atoms with van der Waals surface area (Å²) in [5.74, 6) is 2.66. The SMILES string of the molecule is COCCO/N=C1\OCc2cc(CC(=O)OC(C)(C)C)ccc21.COCCO/N=C1\OCc2cc(N)ccc21.COCCO/N=C1\OCc2cc(NC(=O)C[C@@H]3N=C(c4ccc(Cl)cc4)c4c(sc(C)c4C)-n4c(C)nnc43)ccc21.Cc1sc2c(c1C)C(c1ccc(Cl)cc1)=N[C@@H](CC(=O)O)c1nnc(C)n1-2. The molecule has 5 aromatic carbocycles. The molecule has 9 heterocycles. The molecular formula is C77H83Cl2N13O14S2. The maximum absolute atomic E-state index is 13.5. The zero-order valence-corrected chi connectivity index (χ0v) is 64.9. The number of thiophene rings is 2. The molecule has 5 aliphatic rings. The van der Waals surface area contributed by atoms with Crippen molar-refractivity contribution < 1.29 is 67.2 Å². The van der Waals surface area contributed by atoms with Crippen molar-refractivity contribution in [1.82, 2.24) is 29.5 Å². The molecule has 2 atom stereocenters. The van der Waals surface area contributed by atoms with Gasteiger partial charge in [0.1, 0.15) is 79.0 Å². The van der Waals surface area contributed by atoms with E-state index in [0.29, 0.717) is 105 Å². The van der Waals surface area contributed by atoms with Gasteiger partial charge in [-0.2, -0.15) is 0 Å². The number of fused-ring (bicyclic) bond motifs is 9. The molecule has 0 saturated carbocycles. The number of carbonyl (C=O) groups excluding carboxylic acids is 2. The molecule has 27 nitrogen and oxygen atoms in total. The fraction of sp³-hybridized carbons (Fsp3) is 0.351. The fourth-order valence-electron chi connectivity index (χ4n) is 12.0. The van der Waals surface area contributed by atoms with Crippen LogP contribution in [0.25, 0.3) is 10.0 Å². The number of methoxy groups -OCH3 is 3. The second-order valence-corrected chi connectivity index (χ2v) is 29.5. The van der Waals surface area contributed by atoms with Gasteiger partial charge in [-0.25, -0.2) is 0 Å². The van der Waals surface area contributed by atoms with Crippen LogP contribution in [0, 0.1) is 41.5 Å². The number of oxime groups is 3. The lowest BCUT2D eigenvalue weighted by molar-refractivity contribution is -0.154. The molecule has 0 bridgehead atoms. The molecule has 1 amide bonds. The van der Waals surface area contributed by atoms with Crippen LogP contribution in [0.1, 0.15) is 151 Å². The number of amides is 1. The molecule has 108 heavy (non-hydrogen) atoms. The number of aliphatic imine (C=N–C) groups is 2. The first kappa shape index (κ1) is 78.7. The van der Waals surface area contributed by atoms with Gasteiger partial charge < -0.3 is 63.8 Å². The number of anilines is 2. The summed E-state index contributed by atoms with van der Waals surface area (Å²) in [7, 11) is 4.81. The summed E-state index contributed by atoms with van der Waals surface area (Å²) in [4.78, 5) is 64.6. The van der Waals surface area contributed by atoms with Crippen LogP contribution >= 0.6 is 45.9 Å². The summed E-state index contributed by atoms with van der Waals surface area (Å²) in [6.45, 7) is 21.5. The third-order valence-electron chi connectivity index (χ3n) is 17.3. The molecule has 4 aromatic heterocycles. The van der Waals surface area contributed by atoms with Gasteiger partial charge in [0.15, 0.2) is 11.6 Å². The van der Waals surface area contributed by atoms with Crippen LogP contribution < -0.4 is 11.1 Å². The Morgan fingerprint density at radius 3 is 1.44 bits per heavy atom. The Labute approximate surface area is 642 Å². The maximum atomic E-state index is 13.5. The van der Waals surface area contributed by atoms with E-state index in [1.54, 1.807) is 44.0 Å². The summed E-state index contributed by atoms with van der Waals surface area (Å²) in [6, 6.07) is 30.8. The van der Waals surface area contributed by atoms with E-state index in [2.05, 4.69) is 68.9 Å². The first-order valence-electron chi connectivity index (χ1n) is 34.5. The molecule has 9 aromatic rings. The molecule has 4 N–H and O–H groups in total. The summed E-state index contributed by atoms with van der Waals surface area (Å²) >= 11 is 15.6. The van der Waals surface area contributed by atoms with Gasteiger partial charge in [-0.3, -0.25) is 33.5 Å². The van der Waals surface area contributed by atoms with E-state index in [9.17, 15) is 19.5 Å². The minimum absolute atomic E-state index is 0.0792. The number of carboxylic acid groups (broad SMARTS) is 1. The van der Waals surface area contributed by atoms with Crippen LogP contribution in [0.2, 0.25) is 10.0 Å². The molecule has 0 radical (unpaired) electrons. The van der Waals surface area contributed by atoms with Gasteiger partial charge in [0.2, 0.25) is 5.91 Å². The highest BCUT2D eigenvalue weighted by molar-refractivity contribution is 7.15. The van der Waals surface area contributed by atoms with Gasteiger partial charge in [-0.1, -0.05) is 59.6 Å². The van der Waals surface area contributed by atoms with Crippen molar-refractivity contribution in [2.45, 2.75) is 119 Å². The molecule has 0 unspecified atom stereocenters. The van der Waals surface area contributed by atoms with Crippen LogP contribution in [-0.4, -0.2) is 148 Å². The van der Waals surface area contributed by atoms with Crippen molar-refractivity contribution in [3.8, 4) is 10.0 Å². The largest absolute Gasteiger partial charge is 0.481 e. The standard InChI is InChI=1S/C30H29ClN6O4S.C19H17ClN4O2S.C17H23NO5.C11H14N2O3/c1-16-17(2)42-30-26(16)27(19-5-7-21(31)8-6-19)33-24(28-35-34-18(3)37(28)30)14-25(38)32-22-9-10-23-20(13-22)15-40-29(23)36-41-12-11-39-4;1-9-10(2)27-19-16(9)17(12-4-6-13(20)7-5-12)21-14(8-15(25)26)18-23-22-11(3)24(18)19;1-17(2,3)23-15(19)10-12-5-6-14-13(9-12)11-21-16(14)18-22-8-7-20-4;1-14-4-5-16-13-11-10-3-2-9(12)6-8(10)7-15-11/h5-10,13,24H,11-12,14-15H2,1-4H3,(H,32,38);4-7,14H,8H2,1-3H3,(H,25,26);5-6,9H,7-8,10-11H2,1-4H3;2-3,6H,4-5,7,12H2,1H3/b36-29-;;18-16-;13-11-/t24-;14-;;/m00../s1. The van der Waals surface area contributed by atoms with Crippen molar-refractivity contribution in [3.05, 3.63) is 219 Å². The minimum Gasteiger partial charge on any atom is -0.481 e. The first-order valence-corrected chi connectivity index (χ1v) is 36.8. The number of benzene rings is 5. The van der Waals surface area contributed by atoms with E-state index in [0.717, 1.165) is 111 Å². The number of carboxylic acids is 1. The predicted molar refractivity (Wildman–Crippen MR) is 413 cm³/mol. The second-order valence-electron chi connectivity index (χ2n) is 26.2. The minimum atomic E-state index is -0.926. The lowest BCUT2D eigenvalue weighted by Gasteiger charge is -2.19. The molecule has 31 heteroatoms. The molecule has 14 rings (SSSR count). The number of hydrogen-bond acceptors (Lipinski definition) is 25. The molecule has 0 spiro atoms. The third kappa shape index (κ3) is 18.9. The number of nitrogen functional groups attached to an aromatic ring is 1. The van der Waals surface area contributed by atoms with E-state index in [1.807, 2.05) is 147 Å². The quantitative estimate of drug-likeness (QED) is 0.0260. The van der Waals surface area contributed by atoms with Crippen LogP contribution in [0.15, 0.2) is 129 Å². The highest BCUT2D eigenvalue weighted by atomic mass is 35.5. The Kier molecular flexibility index (Phi) is 25.9. The highest BCUT2D eigenvalue weighted by Crippen LogP contribution is 2.42. The molecular weight excluding hydrogens is 1470 g/mol. The Bertz CT molecular complexity index is 4940. The number of nitrogens with two attached hydrogens (primary N) is 1. The topological polar surface area (TPSA) is 325 Å². The van der Waals surface area contributed by atoms with Gasteiger partial charge in [0, 0.05) is 108 Å². The summed E-state index contributed by atoms with van der Waals surface area (Å²) in [5, 5.41) is 44.9. The smallest absolute Gasteiger partial charge is 0.310 e. The van der Waals surface area contributed by atoms with Crippen LogP contribution in [-0.2, 0) is 88.3 Å². The number of nitrogens with one attached hydrogen (secondary N) is 1.